The molecule has 0 aliphatic heterocycles. The number of rotatable bonds is 4. The van der Waals surface area contributed by atoms with Gasteiger partial charge >= 0.3 is 12.0 Å². The van der Waals surface area contributed by atoms with Crippen LogP contribution in [0.1, 0.15) is 64.7 Å². The van der Waals surface area contributed by atoms with Crippen LogP contribution >= 0.6 is 0 Å². The minimum atomic E-state index is -0.840. The number of amides is 2. The molecule has 0 saturated heterocycles. The molecular formula is C15H26N2O3. The number of carboxylic acid groups (broad SMARTS) is 1. The number of carbonyl (C=O) groups excluding carboxylic acids is 1. The molecule has 0 bridgehead atoms. The van der Waals surface area contributed by atoms with Crippen LogP contribution in [-0.2, 0) is 4.79 Å². The van der Waals surface area contributed by atoms with Crippen molar-refractivity contribution < 1.29 is 14.7 Å². The number of carbonyl (C=O) groups is 2. The van der Waals surface area contributed by atoms with Crippen LogP contribution in [0, 0.1) is 5.92 Å². The lowest BCUT2D eigenvalue weighted by Crippen LogP contribution is -2.58. The second-order valence-corrected chi connectivity index (χ2v) is 6.61. The van der Waals surface area contributed by atoms with Crippen LogP contribution in [0.3, 0.4) is 0 Å². The number of carboxylic acids is 1. The van der Waals surface area contributed by atoms with Gasteiger partial charge in [-0.3, -0.25) is 4.79 Å². The lowest BCUT2D eigenvalue weighted by atomic mass is 9.74. The van der Waals surface area contributed by atoms with Crippen molar-refractivity contribution in [3.63, 3.8) is 0 Å². The highest BCUT2D eigenvalue weighted by Gasteiger charge is 2.40. The Labute approximate surface area is 120 Å². The van der Waals surface area contributed by atoms with Gasteiger partial charge in [-0.2, -0.15) is 0 Å². The van der Waals surface area contributed by atoms with Gasteiger partial charge in [0, 0.05) is 6.04 Å². The summed E-state index contributed by atoms with van der Waals surface area (Å²) in [7, 11) is 0. The molecule has 2 atom stereocenters. The van der Waals surface area contributed by atoms with Crippen molar-refractivity contribution in [1.29, 1.82) is 0 Å². The third-order valence-corrected chi connectivity index (χ3v) is 4.77. The molecule has 2 fully saturated rings. The van der Waals surface area contributed by atoms with Crippen LogP contribution < -0.4 is 10.6 Å². The Morgan fingerprint density at radius 2 is 1.90 bits per heavy atom. The quantitative estimate of drug-likeness (QED) is 0.694. The Bertz CT molecular complexity index is 366. The molecule has 0 radical (unpaired) electrons. The molecule has 0 aromatic rings. The lowest BCUT2D eigenvalue weighted by Gasteiger charge is -2.41. The summed E-state index contributed by atoms with van der Waals surface area (Å²) in [5.41, 5.74) is -0.506. The largest absolute Gasteiger partial charge is 0.481 e. The van der Waals surface area contributed by atoms with E-state index >= 15 is 0 Å². The molecule has 2 rings (SSSR count). The zero-order valence-corrected chi connectivity index (χ0v) is 12.3. The van der Waals surface area contributed by atoms with E-state index in [4.69, 9.17) is 5.11 Å². The molecular weight excluding hydrogens is 256 g/mol. The van der Waals surface area contributed by atoms with Gasteiger partial charge in [0.1, 0.15) is 0 Å². The smallest absolute Gasteiger partial charge is 0.315 e. The van der Waals surface area contributed by atoms with Gasteiger partial charge in [-0.1, -0.05) is 19.8 Å². The molecule has 3 N–H and O–H groups in total. The average molecular weight is 282 g/mol. The highest BCUT2D eigenvalue weighted by molar-refractivity contribution is 5.77. The molecule has 2 saturated carbocycles. The van der Waals surface area contributed by atoms with Gasteiger partial charge in [-0.25, -0.2) is 4.79 Å². The maximum absolute atomic E-state index is 12.1. The average Bonchev–Trinajstić information content (AvgIpc) is 2.51. The Morgan fingerprint density at radius 1 is 1.15 bits per heavy atom. The third kappa shape index (κ3) is 4.12. The van der Waals surface area contributed by atoms with Gasteiger partial charge in [0.15, 0.2) is 0 Å². The van der Waals surface area contributed by atoms with E-state index in [1.165, 1.54) is 6.42 Å². The summed E-state index contributed by atoms with van der Waals surface area (Å²) in [4.78, 5) is 23.0. The zero-order chi connectivity index (χ0) is 14.6. The molecule has 0 spiro atoms. The molecule has 5 heteroatoms. The summed E-state index contributed by atoms with van der Waals surface area (Å²) < 4.78 is 0. The Kier molecular flexibility index (Phi) is 4.89. The van der Waals surface area contributed by atoms with E-state index in [9.17, 15) is 9.59 Å². The van der Waals surface area contributed by atoms with E-state index in [-0.39, 0.29) is 18.5 Å². The first kappa shape index (κ1) is 15.1. The molecule has 0 aromatic heterocycles. The topological polar surface area (TPSA) is 78.4 Å². The van der Waals surface area contributed by atoms with Crippen molar-refractivity contribution in [2.24, 2.45) is 5.92 Å². The van der Waals surface area contributed by atoms with Crippen molar-refractivity contribution >= 4 is 12.0 Å². The lowest BCUT2D eigenvalue weighted by molar-refractivity contribution is -0.139. The molecule has 20 heavy (non-hydrogen) atoms. The Balaban J connectivity index is 1.80. The second-order valence-electron chi connectivity index (χ2n) is 6.61. The first-order valence-corrected chi connectivity index (χ1v) is 7.80. The van der Waals surface area contributed by atoms with Crippen LogP contribution in [0.5, 0.6) is 0 Å². The molecule has 2 amide bonds. The van der Waals surface area contributed by atoms with Gasteiger partial charge in [0.05, 0.1) is 12.0 Å². The van der Waals surface area contributed by atoms with Crippen molar-refractivity contribution in [2.75, 3.05) is 0 Å². The van der Waals surface area contributed by atoms with Gasteiger partial charge in [-0.05, 0) is 44.4 Å². The van der Waals surface area contributed by atoms with E-state index in [0.29, 0.717) is 0 Å². The number of aliphatic carboxylic acids is 1. The van der Waals surface area contributed by atoms with E-state index < -0.39 is 11.5 Å². The summed E-state index contributed by atoms with van der Waals surface area (Å²) >= 11 is 0. The van der Waals surface area contributed by atoms with Crippen molar-refractivity contribution in [3.8, 4) is 0 Å². The molecule has 2 aliphatic rings. The second kappa shape index (κ2) is 6.46. The summed E-state index contributed by atoms with van der Waals surface area (Å²) in [6.07, 6.45) is 8.18. The maximum Gasteiger partial charge on any atom is 0.315 e. The van der Waals surface area contributed by atoms with Crippen molar-refractivity contribution in [3.05, 3.63) is 0 Å². The molecule has 0 aromatic carbocycles. The molecule has 0 heterocycles. The fraction of sp³-hybridized carbons (Fsp3) is 0.867. The molecule has 2 aliphatic carbocycles. The minimum Gasteiger partial charge on any atom is -0.481 e. The van der Waals surface area contributed by atoms with E-state index in [1.54, 1.807) is 0 Å². The third-order valence-electron chi connectivity index (χ3n) is 4.77. The molecule has 114 valence electrons. The Hall–Kier alpha value is -1.26. The highest BCUT2D eigenvalue weighted by Crippen LogP contribution is 2.34. The normalized spacial score (nSPS) is 28.9. The van der Waals surface area contributed by atoms with Gasteiger partial charge in [0.2, 0.25) is 0 Å². The number of nitrogens with one attached hydrogen (secondary N) is 2. The predicted octanol–water partition coefficient (Wildman–Crippen LogP) is 2.65. The van der Waals surface area contributed by atoms with E-state index in [0.717, 1.165) is 50.9 Å². The van der Waals surface area contributed by atoms with Crippen LogP contribution in [0.25, 0.3) is 0 Å². The fourth-order valence-corrected chi connectivity index (χ4v) is 3.33. The summed E-state index contributed by atoms with van der Waals surface area (Å²) in [6, 6.07) is 0.0485. The number of urea groups is 1. The SMILES string of the molecule is CC1CCCC(NC(=O)NC2(CC(=O)O)CCC2)CC1. The standard InChI is InChI=1S/C15H26N2O3/c1-11-4-2-5-12(7-6-11)16-14(20)17-15(8-3-9-15)10-13(18)19/h11-12H,2-10H2,1H3,(H,18,19)(H2,16,17,20). The summed E-state index contributed by atoms with van der Waals surface area (Å²) in [5, 5.41) is 14.9. The number of hydrogen-bond donors (Lipinski definition) is 3. The zero-order valence-electron chi connectivity index (χ0n) is 12.3. The van der Waals surface area contributed by atoms with Crippen LogP contribution in [0.4, 0.5) is 4.79 Å². The number of hydrogen-bond acceptors (Lipinski definition) is 2. The van der Waals surface area contributed by atoms with Crippen LogP contribution in [0.15, 0.2) is 0 Å². The van der Waals surface area contributed by atoms with E-state index in [1.807, 2.05) is 0 Å². The van der Waals surface area contributed by atoms with Gasteiger partial charge in [0.25, 0.3) is 0 Å². The van der Waals surface area contributed by atoms with Crippen LogP contribution in [0.2, 0.25) is 0 Å². The summed E-state index contributed by atoms with van der Waals surface area (Å²) in [6.45, 7) is 2.26. The molecule has 5 nitrogen and oxygen atoms in total. The predicted molar refractivity (Wildman–Crippen MR) is 76.5 cm³/mol. The molecule has 2 unspecified atom stereocenters. The summed E-state index contributed by atoms with van der Waals surface area (Å²) in [5.74, 6) is -0.0943. The first-order chi connectivity index (χ1) is 9.49. The first-order valence-electron chi connectivity index (χ1n) is 7.80. The Morgan fingerprint density at radius 3 is 2.50 bits per heavy atom. The van der Waals surface area contributed by atoms with Gasteiger partial charge in [-0.15, -0.1) is 0 Å². The highest BCUT2D eigenvalue weighted by atomic mass is 16.4. The van der Waals surface area contributed by atoms with Crippen molar-refractivity contribution in [1.82, 2.24) is 10.6 Å². The fourth-order valence-electron chi connectivity index (χ4n) is 3.33. The monoisotopic (exact) mass is 282 g/mol. The maximum atomic E-state index is 12.1. The minimum absolute atomic E-state index is 0.0299. The van der Waals surface area contributed by atoms with E-state index in [2.05, 4.69) is 17.6 Å². The van der Waals surface area contributed by atoms with Crippen molar-refractivity contribution in [2.45, 2.75) is 76.3 Å². The van der Waals surface area contributed by atoms with Crippen LogP contribution in [-0.4, -0.2) is 28.7 Å². The van der Waals surface area contributed by atoms with Gasteiger partial charge < -0.3 is 15.7 Å².